The second kappa shape index (κ2) is 6.30. The van der Waals surface area contributed by atoms with Gasteiger partial charge in [0, 0.05) is 6.04 Å². The zero-order valence-corrected chi connectivity index (χ0v) is 11.7. The van der Waals surface area contributed by atoms with Crippen molar-refractivity contribution in [3.63, 3.8) is 0 Å². The molecule has 1 nitrogen and oxygen atoms in total. The number of thioether (sulfide) groups is 1. The Labute approximate surface area is 105 Å². The van der Waals surface area contributed by atoms with E-state index in [2.05, 4.69) is 18.5 Å². The van der Waals surface area contributed by atoms with Crippen LogP contribution >= 0.6 is 11.8 Å². The summed E-state index contributed by atoms with van der Waals surface area (Å²) in [4.78, 5) is 0. The highest BCUT2D eigenvalue weighted by Gasteiger charge is 2.29. The molecule has 0 amide bonds. The summed E-state index contributed by atoms with van der Waals surface area (Å²) in [5.41, 5.74) is 0. The molecule has 2 rings (SSSR count). The third-order valence-electron chi connectivity index (χ3n) is 4.34. The quantitative estimate of drug-likeness (QED) is 0.763. The molecule has 16 heavy (non-hydrogen) atoms. The SMILES string of the molecule is CSCCC1CC(C)CCC1CNC1CC1. The predicted molar refractivity (Wildman–Crippen MR) is 74.0 cm³/mol. The van der Waals surface area contributed by atoms with Crippen LogP contribution in [0.2, 0.25) is 0 Å². The molecule has 0 heterocycles. The van der Waals surface area contributed by atoms with Gasteiger partial charge in [0.15, 0.2) is 0 Å². The van der Waals surface area contributed by atoms with Crippen LogP contribution in [0.25, 0.3) is 0 Å². The molecule has 0 aromatic carbocycles. The van der Waals surface area contributed by atoms with E-state index >= 15 is 0 Å². The summed E-state index contributed by atoms with van der Waals surface area (Å²) in [6, 6.07) is 0.889. The van der Waals surface area contributed by atoms with Crippen LogP contribution in [0.15, 0.2) is 0 Å². The zero-order chi connectivity index (χ0) is 11.4. The van der Waals surface area contributed by atoms with Gasteiger partial charge in [-0.3, -0.25) is 0 Å². The highest BCUT2D eigenvalue weighted by Crippen LogP contribution is 2.36. The van der Waals surface area contributed by atoms with Gasteiger partial charge in [-0.1, -0.05) is 13.3 Å². The van der Waals surface area contributed by atoms with Crippen LogP contribution in [0.1, 0.15) is 45.4 Å². The Morgan fingerprint density at radius 1 is 1.12 bits per heavy atom. The monoisotopic (exact) mass is 241 g/mol. The number of rotatable bonds is 6. The average Bonchev–Trinajstić information content (AvgIpc) is 3.09. The summed E-state index contributed by atoms with van der Waals surface area (Å²) in [6.45, 7) is 3.74. The Hall–Kier alpha value is 0.310. The number of hydrogen-bond acceptors (Lipinski definition) is 2. The molecule has 0 aliphatic heterocycles. The standard InChI is InChI=1S/C14H27NS/c1-11-3-4-13(10-15-14-5-6-14)12(9-11)7-8-16-2/h11-15H,3-10H2,1-2H3. The molecule has 3 atom stereocenters. The summed E-state index contributed by atoms with van der Waals surface area (Å²) < 4.78 is 0. The Bertz CT molecular complexity index is 203. The highest BCUT2D eigenvalue weighted by molar-refractivity contribution is 7.98. The molecular weight excluding hydrogens is 214 g/mol. The molecule has 2 saturated carbocycles. The zero-order valence-electron chi connectivity index (χ0n) is 10.9. The van der Waals surface area contributed by atoms with Gasteiger partial charge in [0.2, 0.25) is 0 Å². The molecule has 0 aromatic rings. The van der Waals surface area contributed by atoms with E-state index < -0.39 is 0 Å². The van der Waals surface area contributed by atoms with Gasteiger partial charge >= 0.3 is 0 Å². The maximum absolute atomic E-state index is 3.74. The number of hydrogen-bond donors (Lipinski definition) is 1. The molecule has 3 unspecified atom stereocenters. The van der Waals surface area contributed by atoms with Crippen molar-refractivity contribution >= 4 is 11.8 Å². The molecule has 1 N–H and O–H groups in total. The molecule has 0 bridgehead atoms. The fourth-order valence-electron chi connectivity index (χ4n) is 3.06. The smallest absolute Gasteiger partial charge is 0.00683 e. The number of nitrogens with one attached hydrogen (secondary N) is 1. The summed E-state index contributed by atoms with van der Waals surface area (Å²) in [5, 5.41) is 3.74. The van der Waals surface area contributed by atoms with E-state index in [4.69, 9.17) is 0 Å². The van der Waals surface area contributed by atoms with E-state index in [1.165, 1.54) is 50.8 Å². The van der Waals surface area contributed by atoms with Gasteiger partial charge in [0.1, 0.15) is 0 Å². The molecule has 0 radical (unpaired) electrons. The fraction of sp³-hybridized carbons (Fsp3) is 1.00. The van der Waals surface area contributed by atoms with Crippen LogP contribution in [-0.2, 0) is 0 Å². The van der Waals surface area contributed by atoms with Crippen LogP contribution < -0.4 is 5.32 Å². The van der Waals surface area contributed by atoms with Crippen molar-refractivity contribution in [1.29, 1.82) is 0 Å². The van der Waals surface area contributed by atoms with E-state index in [9.17, 15) is 0 Å². The van der Waals surface area contributed by atoms with Crippen LogP contribution in [-0.4, -0.2) is 24.6 Å². The minimum Gasteiger partial charge on any atom is -0.314 e. The fourth-order valence-corrected chi connectivity index (χ4v) is 3.60. The topological polar surface area (TPSA) is 12.0 Å². The van der Waals surface area contributed by atoms with Crippen LogP contribution in [0.5, 0.6) is 0 Å². The largest absolute Gasteiger partial charge is 0.314 e. The van der Waals surface area contributed by atoms with E-state index in [1.54, 1.807) is 0 Å². The van der Waals surface area contributed by atoms with E-state index in [0.29, 0.717) is 0 Å². The molecular formula is C14H27NS. The van der Waals surface area contributed by atoms with Gasteiger partial charge in [0.05, 0.1) is 0 Å². The second-order valence-electron chi connectivity index (χ2n) is 5.90. The summed E-state index contributed by atoms with van der Waals surface area (Å²) in [5.74, 6) is 4.31. The maximum Gasteiger partial charge on any atom is 0.00683 e. The first-order chi connectivity index (χ1) is 7.79. The van der Waals surface area contributed by atoms with Crippen molar-refractivity contribution in [2.45, 2.75) is 51.5 Å². The van der Waals surface area contributed by atoms with E-state index in [1.807, 2.05) is 11.8 Å². The van der Waals surface area contributed by atoms with Crippen molar-refractivity contribution in [2.75, 3.05) is 18.6 Å². The molecule has 0 saturated heterocycles. The molecule has 0 aromatic heterocycles. The third kappa shape index (κ3) is 3.96. The first kappa shape index (κ1) is 12.8. The lowest BCUT2D eigenvalue weighted by Crippen LogP contribution is -2.33. The lowest BCUT2D eigenvalue weighted by molar-refractivity contribution is 0.180. The highest BCUT2D eigenvalue weighted by atomic mass is 32.2. The Morgan fingerprint density at radius 2 is 1.94 bits per heavy atom. The van der Waals surface area contributed by atoms with E-state index in [0.717, 1.165) is 23.8 Å². The van der Waals surface area contributed by atoms with Gasteiger partial charge in [-0.15, -0.1) is 0 Å². The molecule has 2 aliphatic rings. The van der Waals surface area contributed by atoms with Gasteiger partial charge in [-0.05, 0) is 68.4 Å². The van der Waals surface area contributed by atoms with Crippen molar-refractivity contribution < 1.29 is 0 Å². The van der Waals surface area contributed by atoms with Crippen LogP contribution in [0.4, 0.5) is 0 Å². The lowest BCUT2D eigenvalue weighted by atomic mass is 9.73. The summed E-state index contributed by atoms with van der Waals surface area (Å²) >= 11 is 2.01. The minimum atomic E-state index is 0.889. The molecule has 2 aliphatic carbocycles. The van der Waals surface area contributed by atoms with Crippen molar-refractivity contribution in [3.05, 3.63) is 0 Å². The van der Waals surface area contributed by atoms with Gasteiger partial charge in [-0.2, -0.15) is 11.8 Å². The third-order valence-corrected chi connectivity index (χ3v) is 4.98. The van der Waals surface area contributed by atoms with Crippen molar-refractivity contribution in [2.24, 2.45) is 17.8 Å². The van der Waals surface area contributed by atoms with Gasteiger partial charge in [0.25, 0.3) is 0 Å². The first-order valence-corrected chi connectivity index (χ1v) is 8.41. The summed E-state index contributed by atoms with van der Waals surface area (Å²) in [7, 11) is 0. The van der Waals surface area contributed by atoms with Gasteiger partial charge in [-0.25, -0.2) is 0 Å². The predicted octanol–water partition coefficient (Wildman–Crippen LogP) is 3.54. The summed E-state index contributed by atoms with van der Waals surface area (Å²) in [6.07, 6.45) is 11.0. The minimum absolute atomic E-state index is 0.889. The van der Waals surface area contributed by atoms with Crippen LogP contribution in [0, 0.1) is 17.8 Å². The van der Waals surface area contributed by atoms with Gasteiger partial charge < -0.3 is 5.32 Å². The Balaban J connectivity index is 1.75. The molecule has 2 fully saturated rings. The normalized spacial score (nSPS) is 35.2. The van der Waals surface area contributed by atoms with Crippen molar-refractivity contribution in [3.8, 4) is 0 Å². The lowest BCUT2D eigenvalue weighted by Gasteiger charge is -2.35. The van der Waals surface area contributed by atoms with Crippen molar-refractivity contribution in [1.82, 2.24) is 5.32 Å². The average molecular weight is 241 g/mol. The molecule has 94 valence electrons. The van der Waals surface area contributed by atoms with E-state index in [-0.39, 0.29) is 0 Å². The molecule has 2 heteroatoms. The Kier molecular flexibility index (Phi) is 5.02. The first-order valence-electron chi connectivity index (χ1n) is 7.02. The van der Waals surface area contributed by atoms with Crippen LogP contribution in [0.3, 0.4) is 0 Å². The second-order valence-corrected chi connectivity index (χ2v) is 6.89. The molecule has 0 spiro atoms. The maximum atomic E-state index is 3.74. The Morgan fingerprint density at radius 3 is 2.62 bits per heavy atom.